The Morgan fingerprint density at radius 1 is 1.35 bits per heavy atom. The van der Waals surface area contributed by atoms with Crippen molar-refractivity contribution in [2.24, 2.45) is 0 Å². The normalized spacial score (nSPS) is 25.4. The number of nitrogens with zero attached hydrogens (tertiary/aromatic N) is 1. The first kappa shape index (κ1) is 15.9. The molecule has 20 heavy (non-hydrogen) atoms. The maximum atomic E-state index is 6.08. The largest absolute Gasteiger partial charge is 0.373 e. The molecule has 0 aliphatic carbocycles. The summed E-state index contributed by atoms with van der Waals surface area (Å²) in [5.41, 5.74) is 1.29. The van der Waals surface area contributed by atoms with Crippen LogP contribution in [0.4, 0.5) is 0 Å². The maximum absolute atomic E-state index is 6.08. The Morgan fingerprint density at radius 3 is 2.50 bits per heavy atom. The Bertz CT molecular complexity index is 436. The van der Waals surface area contributed by atoms with Crippen molar-refractivity contribution in [3.63, 3.8) is 0 Å². The van der Waals surface area contributed by atoms with Crippen molar-refractivity contribution in [3.8, 4) is 0 Å². The second-order valence-corrected chi connectivity index (χ2v) is 8.07. The average molecular weight is 296 g/mol. The highest BCUT2D eigenvalue weighted by molar-refractivity contribution is 7.09. The zero-order valence-corrected chi connectivity index (χ0v) is 14.4. The molecule has 4 heteroatoms. The molecule has 1 aromatic heterocycles. The number of hydrogen-bond donors (Lipinski definition) is 1. The zero-order chi connectivity index (χ0) is 14.9. The fourth-order valence-corrected chi connectivity index (χ4v) is 3.71. The summed E-state index contributed by atoms with van der Waals surface area (Å²) >= 11 is 1.76. The number of ether oxygens (including phenoxy) is 1. The monoisotopic (exact) mass is 296 g/mol. The Hall–Kier alpha value is -0.450. The summed E-state index contributed by atoms with van der Waals surface area (Å²) in [5.74, 6) is 0. The summed E-state index contributed by atoms with van der Waals surface area (Å²) in [4.78, 5) is 4.88. The molecule has 0 spiro atoms. The third kappa shape index (κ3) is 3.80. The quantitative estimate of drug-likeness (QED) is 0.910. The van der Waals surface area contributed by atoms with Crippen LogP contribution in [0.15, 0.2) is 5.38 Å². The van der Waals surface area contributed by atoms with E-state index in [1.165, 1.54) is 10.7 Å². The second kappa shape index (κ2) is 6.12. The van der Waals surface area contributed by atoms with Gasteiger partial charge in [-0.25, -0.2) is 4.98 Å². The molecule has 0 radical (unpaired) electrons. The van der Waals surface area contributed by atoms with Gasteiger partial charge >= 0.3 is 0 Å². The molecule has 1 aliphatic rings. The van der Waals surface area contributed by atoms with Crippen molar-refractivity contribution in [1.82, 2.24) is 10.3 Å². The molecule has 1 fully saturated rings. The molecule has 114 valence electrons. The predicted molar refractivity (Wildman–Crippen MR) is 85.4 cm³/mol. The summed E-state index contributed by atoms with van der Waals surface area (Å²) in [6, 6.07) is 0.655. The van der Waals surface area contributed by atoms with Crippen LogP contribution in [0.25, 0.3) is 0 Å². The van der Waals surface area contributed by atoms with Crippen LogP contribution in [-0.2, 0) is 10.2 Å². The van der Waals surface area contributed by atoms with Crippen molar-refractivity contribution in [2.75, 3.05) is 0 Å². The molecule has 0 saturated carbocycles. The van der Waals surface area contributed by atoms with Crippen LogP contribution >= 0.6 is 11.3 Å². The first-order chi connectivity index (χ1) is 9.27. The number of rotatable bonds is 4. The summed E-state index contributed by atoms with van der Waals surface area (Å²) in [5, 5.41) is 7.01. The van der Waals surface area contributed by atoms with Crippen LogP contribution in [0.1, 0.15) is 71.1 Å². The van der Waals surface area contributed by atoms with E-state index in [1.807, 2.05) is 0 Å². The van der Waals surface area contributed by atoms with Gasteiger partial charge in [0.15, 0.2) is 0 Å². The van der Waals surface area contributed by atoms with Gasteiger partial charge in [0.1, 0.15) is 5.01 Å². The number of aromatic nitrogens is 1. The minimum Gasteiger partial charge on any atom is -0.373 e. The first-order valence-electron chi connectivity index (χ1n) is 7.65. The lowest BCUT2D eigenvalue weighted by atomic mass is 9.93. The highest BCUT2D eigenvalue weighted by Gasteiger charge is 2.33. The van der Waals surface area contributed by atoms with Gasteiger partial charge in [-0.15, -0.1) is 11.3 Å². The third-order valence-corrected chi connectivity index (χ3v) is 4.63. The van der Waals surface area contributed by atoms with Gasteiger partial charge in [-0.3, -0.25) is 0 Å². The summed E-state index contributed by atoms with van der Waals surface area (Å²) in [7, 11) is 0. The van der Waals surface area contributed by atoms with E-state index >= 15 is 0 Å². The van der Waals surface area contributed by atoms with E-state index in [1.54, 1.807) is 11.3 Å². The molecule has 0 amide bonds. The van der Waals surface area contributed by atoms with E-state index < -0.39 is 0 Å². The van der Waals surface area contributed by atoms with Crippen LogP contribution in [0.2, 0.25) is 0 Å². The molecule has 2 heterocycles. The first-order valence-corrected chi connectivity index (χ1v) is 8.52. The standard InChI is InChI=1S/C16H28N2OS/c1-10(2)17-14(12-8-7-11(3)19-12)15-18-13(9-20-15)16(4,5)6/h9-12,14,17H,7-8H2,1-6H3. The molecular formula is C16H28N2OS. The molecule has 3 nitrogen and oxygen atoms in total. The molecule has 1 aliphatic heterocycles. The fraction of sp³-hybridized carbons (Fsp3) is 0.812. The van der Waals surface area contributed by atoms with E-state index in [0.717, 1.165) is 12.8 Å². The lowest BCUT2D eigenvalue weighted by Gasteiger charge is -2.25. The van der Waals surface area contributed by atoms with Crippen molar-refractivity contribution in [3.05, 3.63) is 16.1 Å². The third-order valence-electron chi connectivity index (χ3n) is 3.71. The summed E-state index contributed by atoms with van der Waals surface area (Å²) < 4.78 is 6.08. The number of nitrogens with one attached hydrogen (secondary N) is 1. The Balaban J connectivity index is 2.20. The van der Waals surface area contributed by atoms with Crippen LogP contribution in [0.5, 0.6) is 0 Å². The van der Waals surface area contributed by atoms with E-state index in [9.17, 15) is 0 Å². The molecule has 0 bridgehead atoms. The van der Waals surface area contributed by atoms with Crippen LogP contribution < -0.4 is 5.32 Å². The van der Waals surface area contributed by atoms with Crippen molar-refractivity contribution in [1.29, 1.82) is 0 Å². The fourth-order valence-electron chi connectivity index (χ4n) is 2.55. The Labute approximate surface area is 127 Å². The number of hydrogen-bond acceptors (Lipinski definition) is 4. The Morgan fingerprint density at radius 2 is 2.05 bits per heavy atom. The van der Waals surface area contributed by atoms with Gasteiger partial charge in [0.05, 0.1) is 23.9 Å². The maximum Gasteiger partial charge on any atom is 0.113 e. The van der Waals surface area contributed by atoms with Gasteiger partial charge in [-0.05, 0) is 19.8 Å². The van der Waals surface area contributed by atoms with E-state index in [4.69, 9.17) is 9.72 Å². The minimum atomic E-state index is 0.112. The highest BCUT2D eigenvalue weighted by atomic mass is 32.1. The predicted octanol–water partition coefficient (Wildman–Crippen LogP) is 4.05. The van der Waals surface area contributed by atoms with E-state index in [2.05, 4.69) is 52.2 Å². The van der Waals surface area contributed by atoms with E-state index in [0.29, 0.717) is 12.1 Å². The molecule has 3 atom stereocenters. The van der Waals surface area contributed by atoms with Crippen molar-refractivity contribution >= 4 is 11.3 Å². The Kier molecular flexibility index (Phi) is 4.88. The second-order valence-electron chi connectivity index (χ2n) is 7.18. The van der Waals surface area contributed by atoms with Gasteiger partial charge in [0.2, 0.25) is 0 Å². The van der Waals surface area contributed by atoms with Crippen molar-refractivity contribution in [2.45, 2.75) is 84.1 Å². The molecular weight excluding hydrogens is 268 g/mol. The summed E-state index contributed by atoms with van der Waals surface area (Å²) in [6.45, 7) is 13.2. The van der Waals surface area contributed by atoms with Gasteiger partial charge in [0, 0.05) is 16.8 Å². The molecule has 3 unspecified atom stereocenters. The highest BCUT2D eigenvalue weighted by Crippen LogP contribution is 2.34. The SMILES string of the molecule is CC(C)NC(c1nc(C(C)(C)C)cs1)C1CCC(C)O1. The van der Waals surface area contributed by atoms with E-state index in [-0.39, 0.29) is 17.6 Å². The molecule has 1 N–H and O–H groups in total. The molecule has 1 aromatic rings. The minimum absolute atomic E-state index is 0.112. The van der Waals surface area contributed by atoms with Gasteiger partial charge < -0.3 is 10.1 Å². The zero-order valence-electron chi connectivity index (χ0n) is 13.6. The average Bonchev–Trinajstić information content (AvgIpc) is 2.93. The van der Waals surface area contributed by atoms with Gasteiger partial charge in [-0.1, -0.05) is 34.6 Å². The smallest absolute Gasteiger partial charge is 0.113 e. The van der Waals surface area contributed by atoms with Gasteiger partial charge in [0.25, 0.3) is 0 Å². The molecule has 0 aromatic carbocycles. The topological polar surface area (TPSA) is 34.2 Å². The molecule has 2 rings (SSSR count). The van der Waals surface area contributed by atoms with Crippen LogP contribution in [0, 0.1) is 0 Å². The molecule has 1 saturated heterocycles. The number of thiazole rings is 1. The lowest BCUT2D eigenvalue weighted by molar-refractivity contribution is 0.0295. The summed E-state index contributed by atoms with van der Waals surface area (Å²) in [6.07, 6.45) is 2.90. The lowest BCUT2D eigenvalue weighted by Crippen LogP contribution is -2.36. The van der Waals surface area contributed by atoms with Crippen LogP contribution in [-0.4, -0.2) is 23.2 Å². The van der Waals surface area contributed by atoms with Gasteiger partial charge in [-0.2, -0.15) is 0 Å². The van der Waals surface area contributed by atoms with Crippen LogP contribution in [0.3, 0.4) is 0 Å². The van der Waals surface area contributed by atoms with Crippen molar-refractivity contribution < 1.29 is 4.74 Å².